The van der Waals surface area contributed by atoms with Crippen molar-refractivity contribution in [1.82, 2.24) is 0 Å². The second-order valence-corrected chi connectivity index (χ2v) is 5.82. The topological polar surface area (TPSA) is 58.2 Å². The van der Waals surface area contributed by atoms with Crippen LogP contribution in [0.5, 0.6) is 0 Å². The lowest BCUT2D eigenvalue weighted by Crippen LogP contribution is -2.13. The summed E-state index contributed by atoms with van der Waals surface area (Å²) in [6.07, 6.45) is 1.07. The van der Waals surface area contributed by atoms with Gasteiger partial charge in [0, 0.05) is 19.0 Å². The van der Waals surface area contributed by atoms with Gasteiger partial charge in [-0.2, -0.15) is 0 Å². The van der Waals surface area contributed by atoms with Crippen molar-refractivity contribution in [1.29, 1.82) is 0 Å². The Morgan fingerprint density at radius 1 is 1.04 bits per heavy atom. The molecule has 0 saturated heterocycles. The third kappa shape index (κ3) is 5.42. The van der Waals surface area contributed by atoms with Crippen molar-refractivity contribution in [2.75, 3.05) is 10.6 Å². The molecule has 4 nitrogen and oxygen atoms in total. The number of hydrogen-bond acceptors (Lipinski definition) is 2. The van der Waals surface area contributed by atoms with E-state index in [1.165, 1.54) is 12.5 Å². The highest BCUT2D eigenvalue weighted by Crippen LogP contribution is 2.25. The Morgan fingerprint density at radius 3 is 2.39 bits per heavy atom. The summed E-state index contributed by atoms with van der Waals surface area (Å²) in [4.78, 5) is 23.2. The van der Waals surface area contributed by atoms with Crippen molar-refractivity contribution < 1.29 is 9.59 Å². The van der Waals surface area contributed by atoms with Crippen LogP contribution < -0.4 is 10.6 Å². The van der Waals surface area contributed by atoms with E-state index in [1.54, 1.807) is 18.2 Å². The van der Waals surface area contributed by atoms with E-state index in [0.717, 1.165) is 5.56 Å². The molecule has 0 spiro atoms. The first-order valence-electron chi connectivity index (χ1n) is 7.36. The molecule has 0 radical (unpaired) electrons. The Morgan fingerprint density at radius 2 is 1.74 bits per heavy atom. The van der Waals surface area contributed by atoms with E-state index in [2.05, 4.69) is 10.6 Å². The molecule has 0 aromatic heterocycles. The van der Waals surface area contributed by atoms with Crippen LogP contribution in [-0.2, 0) is 16.0 Å². The summed E-state index contributed by atoms with van der Waals surface area (Å²) in [5.41, 5.74) is 3.41. The van der Waals surface area contributed by atoms with E-state index in [9.17, 15) is 9.59 Å². The molecule has 0 bridgehead atoms. The number of aryl methyl sites for hydroxylation is 2. The Kier molecular flexibility index (Phi) is 5.77. The fourth-order valence-corrected chi connectivity index (χ4v) is 2.29. The molecule has 23 heavy (non-hydrogen) atoms. The van der Waals surface area contributed by atoms with E-state index in [4.69, 9.17) is 11.6 Å². The number of halogens is 1. The highest BCUT2D eigenvalue weighted by Gasteiger charge is 2.07. The van der Waals surface area contributed by atoms with Gasteiger partial charge >= 0.3 is 0 Å². The van der Waals surface area contributed by atoms with Crippen molar-refractivity contribution in [2.45, 2.75) is 26.7 Å². The molecule has 0 unspecified atom stereocenters. The molecule has 2 aromatic rings. The Bertz CT molecular complexity index is 711. The van der Waals surface area contributed by atoms with Gasteiger partial charge in [-0.05, 0) is 37.1 Å². The summed E-state index contributed by atoms with van der Waals surface area (Å²) < 4.78 is 0. The number of amides is 2. The molecular weight excluding hydrogens is 312 g/mol. The lowest BCUT2D eigenvalue weighted by atomic mass is 10.1. The number of carbonyl (C=O) groups excluding carboxylic acids is 2. The molecule has 0 atom stereocenters. The molecule has 2 aromatic carbocycles. The molecule has 2 amide bonds. The summed E-state index contributed by atoms with van der Waals surface area (Å²) >= 11 is 6.00. The van der Waals surface area contributed by atoms with E-state index >= 15 is 0 Å². The molecule has 5 heteroatoms. The van der Waals surface area contributed by atoms with Gasteiger partial charge in [-0.3, -0.25) is 9.59 Å². The molecule has 0 aliphatic heterocycles. The van der Waals surface area contributed by atoms with Crippen molar-refractivity contribution in [2.24, 2.45) is 0 Å². The van der Waals surface area contributed by atoms with Crippen LogP contribution >= 0.6 is 11.6 Å². The highest BCUT2D eigenvalue weighted by atomic mass is 35.5. The molecule has 0 aliphatic rings. The summed E-state index contributed by atoms with van der Waals surface area (Å²) in [5, 5.41) is 5.87. The first-order chi connectivity index (χ1) is 10.9. The van der Waals surface area contributed by atoms with Gasteiger partial charge in [-0.15, -0.1) is 0 Å². The second-order valence-electron chi connectivity index (χ2n) is 5.41. The van der Waals surface area contributed by atoms with Crippen LogP contribution in [-0.4, -0.2) is 11.8 Å². The molecular formula is C18H19ClN2O2. The zero-order valence-electron chi connectivity index (χ0n) is 13.2. The standard InChI is InChI=1S/C18H19ClN2O2/c1-12-3-5-14(6-4-12)7-10-18(23)21-15-8-9-16(19)17(11-15)20-13(2)22/h3-6,8-9,11H,7,10H2,1-2H3,(H,20,22)(H,21,23). The van der Waals surface area contributed by atoms with Gasteiger partial charge in [-0.25, -0.2) is 0 Å². The third-order valence-corrected chi connectivity index (χ3v) is 3.65. The zero-order chi connectivity index (χ0) is 16.8. The zero-order valence-corrected chi connectivity index (χ0v) is 13.9. The van der Waals surface area contributed by atoms with Crippen molar-refractivity contribution >= 4 is 34.8 Å². The first-order valence-corrected chi connectivity index (χ1v) is 7.74. The van der Waals surface area contributed by atoms with Crippen LogP contribution in [0.25, 0.3) is 0 Å². The average Bonchev–Trinajstić information content (AvgIpc) is 2.49. The summed E-state index contributed by atoms with van der Waals surface area (Å²) in [6.45, 7) is 3.44. The SMILES string of the molecule is CC(=O)Nc1cc(NC(=O)CCc2ccc(C)cc2)ccc1Cl. The molecule has 2 rings (SSSR count). The van der Waals surface area contributed by atoms with Crippen molar-refractivity contribution in [3.05, 3.63) is 58.6 Å². The minimum absolute atomic E-state index is 0.0818. The van der Waals surface area contributed by atoms with Gasteiger partial charge in [0.25, 0.3) is 0 Å². The minimum atomic E-state index is -0.213. The predicted molar refractivity (Wildman–Crippen MR) is 93.9 cm³/mol. The number of benzene rings is 2. The normalized spacial score (nSPS) is 10.2. The molecule has 0 aliphatic carbocycles. The van der Waals surface area contributed by atoms with Gasteiger partial charge in [0.15, 0.2) is 0 Å². The van der Waals surface area contributed by atoms with Gasteiger partial charge in [-0.1, -0.05) is 41.4 Å². The number of rotatable bonds is 5. The summed E-state index contributed by atoms with van der Waals surface area (Å²) in [6, 6.07) is 13.1. The van der Waals surface area contributed by atoms with E-state index in [0.29, 0.717) is 29.2 Å². The largest absolute Gasteiger partial charge is 0.326 e. The number of nitrogens with one attached hydrogen (secondary N) is 2. The maximum atomic E-state index is 12.0. The monoisotopic (exact) mass is 330 g/mol. The van der Waals surface area contributed by atoms with E-state index < -0.39 is 0 Å². The van der Waals surface area contributed by atoms with E-state index in [1.807, 2.05) is 31.2 Å². The van der Waals surface area contributed by atoms with Crippen LogP contribution in [0, 0.1) is 6.92 Å². The molecule has 0 saturated carbocycles. The molecule has 2 N–H and O–H groups in total. The maximum absolute atomic E-state index is 12.0. The van der Waals surface area contributed by atoms with Crippen LogP contribution in [0.15, 0.2) is 42.5 Å². The van der Waals surface area contributed by atoms with Crippen molar-refractivity contribution in [3.8, 4) is 0 Å². The van der Waals surface area contributed by atoms with E-state index in [-0.39, 0.29) is 11.8 Å². The molecule has 120 valence electrons. The minimum Gasteiger partial charge on any atom is -0.326 e. The Balaban J connectivity index is 1.94. The average molecular weight is 331 g/mol. The fraction of sp³-hybridized carbons (Fsp3) is 0.222. The Hall–Kier alpha value is -2.33. The Labute approximate surface area is 140 Å². The van der Waals surface area contributed by atoms with Crippen LogP contribution in [0.2, 0.25) is 5.02 Å². The molecule has 0 heterocycles. The van der Waals surface area contributed by atoms with Gasteiger partial charge in [0.1, 0.15) is 0 Å². The maximum Gasteiger partial charge on any atom is 0.224 e. The highest BCUT2D eigenvalue weighted by molar-refractivity contribution is 6.33. The van der Waals surface area contributed by atoms with Crippen molar-refractivity contribution in [3.63, 3.8) is 0 Å². The van der Waals surface area contributed by atoms with Gasteiger partial charge in [0.2, 0.25) is 11.8 Å². The van der Waals surface area contributed by atoms with Gasteiger partial charge in [0.05, 0.1) is 10.7 Å². The summed E-state index contributed by atoms with van der Waals surface area (Å²) in [7, 11) is 0. The number of hydrogen-bond donors (Lipinski definition) is 2. The lowest BCUT2D eigenvalue weighted by molar-refractivity contribution is -0.116. The smallest absolute Gasteiger partial charge is 0.224 e. The lowest BCUT2D eigenvalue weighted by Gasteiger charge is -2.09. The first kappa shape index (κ1) is 17.0. The third-order valence-electron chi connectivity index (χ3n) is 3.32. The number of anilines is 2. The second kappa shape index (κ2) is 7.79. The van der Waals surface area contributed by atoms with Crippen LogP contribution in [0.1, 0.15) is 24.5 Å². The predicted octanol–water partition coefficient (Wildman–Crippen LogP) is 4.18. The number of carbonyl (C=O) groups is 2. The van der Waals surface area contributed by atoms with Crippen LogP contribution in [0.4, 0.5) is 11.4 Å². The fourth-order valence-electron chi connectivity index (χ4n) is 2.12. The quantitative estimate of drug-likeness (QED) is 0.864. The van der Waals surface area contributed by atoms with Crippen LogP contribution in [0.3, 0.4) is 0 Å². The summed E-state index contributed by atoms with van der Waals surface area (Å²) in [5.74, 6) is -0.295. The van der Waals surface area contributed by atoms with Gasteiger partial charge < -0.3 is 10.6 Å². The molecule has 0 fully saturated rings.